The van der Waals surface area contributed by atoms with E-state index in [0.717, 1.165) is 16.9 Å². The molecule has 2 N–H and O–H groups in total. The van der Waals surface area contributed by atoms with Gasteiger partial charge in [0.1, 0.15) is 12.4 Å². The van der Waals surface area contributed by atoms with Gasteiger partial charge in [-0.3, -0.25) is 9.89 Å². The van der Waals surface area contributed by atoms with Gasteiger partial charge in [0.15, 0.2) is 0 Å². The molecule has 0 fully saturated rings. The Hall–Kier alpha value is -3.08. The smallest absolute Gasteiger partial charge is 0.254 e. The molecule has 0 unspecified atom stereocenters. The van der Waals surface area contributed by atoms with Crippen molar-refractivity contribution < 1.29 is 9.53 Å². The SMILES string of the molecule is O=C(NCc1ccc(OCc2ccccc2)cc1)c1cn[nH]c1. The summed E-state index contributed by atoms with van der Waals surface area (Å²) in [7, 11) is 0. The minimum absolute atomic E-state index is 0.150. The molecule has 1 amide bonds. The highest BCUT2D eigenvalue weighted by Gasteiger charge is 2.05. The summed E-state index contributed by atoms with van der Waals surface area (Å²) in [4.78, 5) is 11.8. The van der Waals surface area contributed by atoms with Crippen molar-refractivity contribution in [3.05, 3.63) is 83.7 Å². The Balaban J connectivity index is 1.50. The summed E-state index contributed by atoms with van der Waals surface area (Å²) in [5.74, 6) is 0.655. The number of hydrogen-bond donors (Lipinski definition) is 2. The van der Waals surface area contributed by atoms with Crippen molar-refractivity contribution >= 4 is 5.91 Å². The molecule has 3 aromatic rings. The predicted molar refractivity (Wildman–Crippen MR) is 87.0 cm³/mol. The van der Waals surface area contributed by atoms with Crippen molar-refractivity contribution in [1.82, 2.24) is 15.5 Å². The van der Waals surface area contributed by atoms with Crippen LogP contribution in [0.25, 0.3) is 0 Å². The van der Waals surface area contributed by atoms with Crippen LogP contribution in [0.1, 0.15) is 21.5 Å². The molecule has 0 radical (unpaired) electrons. The van der Waals surface area contributed by atoms with E-state index in [9.17, 15) is 4.79 Å². The summed E-state index contributed by atoms with van der Waals surface area (Å²) in [6, 6.07) is 17.7. The Bertz CT molecular complexity index is 738. The first-order valence-electron chi connectivity index (χ1n) is 7.34. The minimum Gasteiger partial charge on any atom is -0.489 e. The van der Waals surface area contributed by atoms with Crippen molar-refractivity contribution in [3.63, 3.8) is 0 Å². The van der Waals surface area contributed by atoms with Crippen molar-refractivity contribution in [2.24, 2.45) is 0 Å². The van der Waals surface area contributed by atoms with Crippen LogP contribution in [-0.4, -0.2) is 16.1 Å². The van der Waals surface area contributed by atoms with Crippen LogP contribution in [0, 0.1) is 0 Å². The molecule has 0 aliphatic carbocycles. The van der Waals surface area contributed by atoms with Crippen LogP contribution in [0.5, 0.6) is 5.75 Å². The summed E-state index contributed by atoms with van der Waals surface area (Å²) in [6.45, 7) is 1.00. The Labute approximate surface area is 134 Å². The minimum atomic E-state index is -0.150. The van der Waals surface area contributed by atoms with Gasteiger partial charge in [-0.2, -0.15) is 5.10 Å². The molecule has 0 spiro atoms. The molecular formula is C18H17N3O2. The molecule has 23 heavy (non-hydrogen) atoms. The molecule has 1 heterocycles. The average molecular weight is 307 g/mol. The number of hydrogen-bond acceptors (Lipinski definition) is 3. The number of nitrogens with zero attached hydrogens (tertiary/aromatic N) is 1. The third kappa shape index (κ3) is 4.20. The van der Waals surface area contributed by atoms with Crippen molar-refractivity contribution in [3.8, 4) is 5.75 Å². The maximum atomic E-state index is 11.8. The quantitative estimate of drug-likeness (QED) is 0.736. The van der Waals surface area contributed by atoms with Gasteiger partial charge in [0, 0.05) is 12.7 Å². The number of nitrogens with one attached hydrogen (secondary N) is 2. The number of benzene rings is 2. The number of ether oxygens (including phenoxy) is 1. The number of rotatable bonds is 6. The van der Waals surface area contributed by atoms with E-state index in [1.165, 1.54) is 6.20 Å². The van der Waals surface area contributed by atoms with Gasteiger partial charge >= 0.3 is 0 Å². The Morgan fingerprint density at radius 3 is 2.52 bits per heavy atom. The number of aromatic amines is 1. The lowest BCUT2D eigenvalue weighted by Gasteiger charge is -2.08. The number of amides is 1. The van der Waals surface area contributed by atoms with Crippen LogP contribution in [-0.2, 0) is 13.2 Å². The second-order valence-corrected chi connectivity index (χ2v) is 5.09. The standard InChI is InChI=1S/C18H17N3O2/c22-18(16-11-20-21-12-16)19-10-14-6-8-17(9-7-14)23-13-15-4-2-1-3-5-15/h1-9,11-12H,10,13H2,(H,19,22)(H,20,21). The zero-order chi connectivity index (χ0) is 15.9. The third-order valence-corrected chi connectivity index (χ3v) is 3.39. The van der Waals surface area contributed by atoms with Gasteiger partial charge in [-0.1, -0.05) is 42.5 Å². The predicted octanol–water partition coefficient (Wildman–Crippen LogP) is 2.92. The second-order valence-electron chi connectivity index (χ2n) is 5.09. The molecule has 0 saturated heterocycles. The molecule has 2 aromatic carbocycles. The van der Waals surface area contributed by atoms with Gasteiger partial charge in [0.05, 0.1) is 11.8 Å². The van der Waals surface area contributed by atoms with E-state index in [-0.39, 0.29) is 5.91 Å². The summed E-state index contributed by atoms with van der Waals surface area (Å²) in [5, 5.41) is 9.21. The van der Waals surface area contributed by atoms with Gasteiger partial charge < -0.3 is 10.1 Å². The third-order valence-electron chi connectivity index (χ3n) is 3.39. The Kier molecular flexibility index (Phi) is 4.69. The maximum Gasteiger partial charge on any atom is 0.254 e. The normalized spacial score (nSPS) is 10.3. The molecule has 5 nitrogen and oxygen atoms in total. The van der Waals surface area contributed by atoms with E-state index in [2.05, 4.69) is 15.5 Å². The summed E-state index contributed by atoms with van der Waals surface area (Å²) < 4.78 is 5.73. The molecule has 5 heteroatoms. The van der Waals surface area contributed by atoms with E-state index >= 15 is 0 Å². The van der Waals surface area contributed by atoms with Gasteiger partial charge in [-0.05, 0) is 23.3 Å². The first kappa shape index (κ1) is 14.8. The monoisotopic (exact) mass is 307 g/mol. The van der Waals surface area contributed by atoms with Gasteiger partial charge in [0.25, 0.3) is 5.91 Å². The van der Waals surface area contributed by atoms with Gasteiger partial charge in [-0.25, -0.2) is 0 Å². The molecule has 3 rings (SSSR count). The lowest BCUT2D eigenvalue weighted by atomic mass is 10.2. The largest absolute Gasteiger partial charge is 0.489 e. The number of carbonyl (C=O) groups is 1. The van der Waals surface area contributed by atoms with Crippen molar-refractivity contribution in [1.29, 1.82) is 0 Å². The van der Waals surface area contributed by atoms with Crippen LogP contribution in [0.15, 0.2) is 67.0 Å². The van der Waals surface area contributed by atoms with E-state index in [0.29, 0.717) is 18.7 Å². The molecule has 116 valence electrons. The molecule has 1 aromatic heterocycles. The zero-order valence-electron chi connectivity index (χ0n) is 12.5. The number of carbonyl (C=O) groups excluding carboxylic acids is 1. The highest BCUT2D eigenvalue weighted by atomic mass is 16.5. The summed E-state index contributed by atoms with van der Waals surface area (Å²) in [5.41, 5.74) is 2.66. The molecule has 0 aliphatic rings. The second kappa shape index (κ2) is 7.26. The topological polar surface area (TPSA) is 67.0 Å². The Morgan fingerprint density at radius 1 is 1.04 bits per heavy atom. The van der Waals surface area contributed by atoms with Crippen molar-refractivity contribution in [2.75, 3.05) is 0 Å². The highest BCUT2D eigenvalue weighted by Crippen LogP contribution is 2.14. The summed E-state index contributed by atoms with van der Waals surface area (Å²) in [6.07, 6.45) is 3.06. The molecular weight excluding hydrogens is 290 g/mol. The molecule has 0 atom stereocenters. The molecule has 0 bridgehead atoms. The fraction of sp³-hybridized carbons (Fsp3) is 0.111. The van der Waals surface area contributed by atoms with E-state index in [1.54, 1.807) is 6.20 Å². The van der Waals surface area contributed by atoms with Crippen LogP contribution < -0.4 is 10.1 Å². The highest BCUT2D eigenvalue weighted by molar-refractivity contribution is 5.93. The van der Waals surface area contributed by atoms with E-state index < -0.39 is 0 Å². The maximum absolute atomic E-state index is 11.8. The van der Waals surface area contributed by atoms with Crippen molar-refractivity contribution in [2.45, 2.75) is 13.2 Å². The lowest BCUT2D eigenvalue weighted by Crippen LogP contribution is -2.22. The summed E-state index contributed by atoms with van der Waals surface area (Å²) >= 11 is 0. The first-order valence-corrected chi connectivity index (χ1v) is 7.34. The fourth-order valence-electron chi connectivity index (χ4n) is 2.10. The average Bonchev–Trinajstić information content (AvgIpc) is 3.14. The van der Waals surface area contributed by atoms with E-state index in [1.807, 2.05) is 54.6 Å². The lowest BCUT2D eigenvalue weighted by molar-refractivity contribution is 0.0951. The van der Waals surface area contributed by atoms with Gasteiger partial charge in [-0.15, -0.1) is 0 Å². The van der Waals surface area contributed by atoms with Crippen LogP contribution in [0.3, 0.4) is 0 Å². The van der Waals surface area contributed by atoms with Crippen LogP contribution >= 0.6 is 0 Å². The molecule has 0 saturated carbocycles. The number of aromatic nitrogens is 2. The first-order chi connectivity index (χ1) is 11.3. The van der Waals surface area contributed by atoms with E-state index in [4.69, 9.17) is 4.74 Å². The fourth-order valence-corrected chi connectivity index (χ4v) is 2.10. The van der Waals surface area contributed by atoms with Crippen LogP contribution in [0.2, 0.25) is 0 Å². The zero-order valence-corrected chi connectivity index (χ0v) is 12.5. The number of H-pyrrole nitrogens is 1. The Morgan fingerprint density at radius 2 is 1.83 bits per heavy atom. The van der Waals surface area contributed by atoms with Gasteiger partial charge in [0.2, 0.25) is 0 Å². The van der Waals surface area contributed by atoms with Crippen LogP contribution in [0.4, 0.5) is 0 Å². The molecule has 0 aliphatic heterocycles.